The monoisotopic (exact) mass is 399 g/mol. The lowest BCUT2D eigenvalue weighted by molar-refractivity contribution is -0.136. The molecule has 2 aromatic rings. The minimum absolute atomic E-state index is 0.240. The number of rotatable bonds is 6. The molecule has 28 heavy (non-hydrogen) atoms. The first-order valence-electron chi connectivity index (χ1n) is 9.36. The zero-order valence-corrected chi connectivity index (χ0v) is 17.4. The van der Waals surface area contributed by atoms with Crippen molar-refractivity contribution in [3.63, 3.8) is 0 Å². The molecule has 1 aromatic carbocycles. The van der Waals surface area contributed by atoms with E-state index in [2.05, 4.69) is 22.2 Å². The Kier molecular flexibility index (Phi) is 6.24. The number of carbonyl (C=O) groups excluding carboxylic acids is 1. The van der Waals surface area contributed by atoms with E-state index < -0.39 is 11.9 Å². The third kappa shape index (κ3) is 3.99. The van der Waals surface area contributed by atoms with Crippen molar-refractivity contribution in [2.75, 3.05) is 18.2 Å². The molecule has 1 aromatic heterocycles. The van der Waals surface area contributed by atoms with E-state index >= 15 is 0 Å². The predicted molar refractivity (Wildman–Crippen MR) is 112 cm³/mol. The lowest BCUT2D eigenvalue weighted by Crippen LogP contribution is -2.31. The number of H-pyrrole nitrogens is 1. The molecule has 6 nitrogen and oxygen atoms in total. The van der Waals surface area contributed by atoms with Gasteiger partial charge in [-0.2, -0.15) is 0 Å². The van der Waals surface area contributed by atoms with Gasteiger partial charge in [0.25, 0.3) is 5.56 Å². The molecular weight excluding hydrogens is 374 g/mol. The van der Waals surface area contributed by atoms with Crippen LogP contribution >= 0.6 is 11.8 Å². The standard InChI is InChI=1S/C21H25N3O3S/c1-5-6-11-28-21-23-18-17(19(25)24-21)16(14-9-7-12(2)8-10-14)15(13(3)22-18)20(26)27-4/h7-10,16H,5-6,11H2,1-4H3,(H2,22,23,24,25)/t16-/m1/s1. The molecule has 1 aliphatic rings. The van der Waals surface area contributed by atoms with Crippen LogP contribution in [0.2, 0.25) is 0 Å². The van der Waals surface area contributed by atoms with Gasteiger partial charge in [-0.1, -0.05) is 54.9 Å². The summed E-state index contributed by atoms with van der Waals surface area (Å²) in [5, 5.41) is 3.73. The van der Waals surface area contributed by atoms with E-state index in [0.29, 0.717) is 27.8 Å². The number of fused-ring (bicyclic) bond motifs is 1. The number of methoxy groups -OCH3 is 1. The van der Waals surface area contributed by atoms with Crippen molar-refractivity contribution in [2.24, 2.45) is 0 Å². The van der Waals surface area contributed by atoms with Gasteiger partial charge in [-0.25, -0.2) is 9.78 Å². The van der Waals surface area contributed by atoms with Crippen molar-refractivity contribution in [3.8, 4) is 0 Å². The summed E-state index contributed by atoms with van der Waals surface area (Å²) < 4.78 is 5.01. The molecule has 2 N–H and O–H groups in total. The summed E-state index contributed by atoms with van der Waals surface area (Å²) in [6.07, 6.45) is 2.14. The number of ether oxygens (including phenoxy) is 1. The molecule has 0 aliphatic carbocycles. The number of nitrogens with zero attached hydrogens (tertiary/aromatic N) is 1. The average Bonchev–Trinajstić information content (AvgIpc) is 2.67. The molecule has 0 amide bonds. The molecule has 0 saturated heterocycles. The van der Waals surface area contributed by atoms with Crippen LogP contribution in [0, 0.1) is 6.92 Å². The first-order valence-corrected chi connectivity index (χ1v) is 10.3. The SMILES string of the molecule is CCCCSc1nc2c(c(=O)[nH]1)[C@H](c1ccc(C)cc1)C(C(=O)OC)=C(C)N2. The Morgan fingerprint density at radius 1 is 1.25 bits per heavy atom. The molecule has 7 heteroatoms. The largest absolute Gasteiger partial charge is 0.466 e. The van der Waals surface area contributed by atoms with E-state index in [9.17, 15) is 9.59 Å². The summed E-state index contributed by atoms with van der Waals surface area (Å²) >= 11 is 1.53. The van der Waals surface area contributed by atoms with E-state index in [0.717, 1.165) is 29.7 Å². The summed E-state index contributed by atoms with van der Waals surface area (Å²) in [6.45, 7) is 5.93. The Hall–Kier alpha value is -2.54. The van der Waals surface area contributed by atoms with Gasteiger partial charge in [0.2, 0.25) is 0 Å². The van der Waals surface area contributed by atoms with Gasteiger partial charge in [-0.05, 0) is 25.8 Å². The second-order valence-electron chi connectivity index (χ2n) is 6.83. The van der Waals surface area contributed by atoms with Crippen LogP contribution in [0.4, 0.5) is 5.82 Å². The van der Waals surface area contributed by atoms with Crippen molar-refractivity contribution in [1.82, 2.24) is 9.97 Å². The van der Waals surface area contributed by atoms with Crippen molar-refractivity contribution < 1.29 is 9.53 Å². The second-order valence-corrected chi connectivity index (χ2v) is 7.92. The van der Waals surface area contributed by atoms with E-state index in [1.807, 2.05) is 38.1 Å². The first kappa shape index (κ1) is 20.2. The third-order valence-corrected chi connectivity index (χ3v) is 5.73. The minimum Gasteiger partial charge on any atom is -0.466 e. The summed E-state index contributed by atoms with van der Waals surface area (Å²) in [6, 6.07) is 7.82. The van der Waals surface area contributed by atoms with Crippen LogP contribution in [0.3, 0.4) is 0 Å². The number of carbonyl (C=O) groups is 1. The molecule has 0 saturated carbocycles. The maximum atomic E-state index is 13.0. The van der Waals surface area contributed by atoms with Gasteiger partial charge in [0.15, 0.2) is 5.16 Å². The molecule has 148 valence electrons. The summed E-state index contributed by atoms with van der Waals surface area (Å²) in [7, 11) is 1.35. The van der Waals surface area contributed by atoms with Crippen LogP contribution in [0.5, 0.6) is 0 Å². The lowest BCUT2D eigenvalue weighted by Gasteiger charge is -2.28. The number of aryl methyl sites for hydroxylation is 1. The van der Waals surface area contributed by atoms with E-state index in [1.165, 1.54) is 18.9 Å². The molecule has 0 spiro atoms. The summed E-state index contributed by atoms with van der Waals surface area (Å²) in [4.78, 5) is 33.0. The molecule has 0 fully saturated rings. The number of allylic oxidation sites excluding steroid dienone is 1. The molecule has 1 aliphatic heterocycles. The highest BCUT2D eigenvalue weighted by molar-refractivity contribution is 7.99. The fourth-order valence-corrected chi connectivity index (χ4v) is 4.23. The minimum atomic E-state index is -0.532. The number of anilines is 1. The first-order chi connectivity index (χ1) is 13.5. The van der Waals surface area contributed by atoms with Crippen molar-refractivity contribution >= 4 is 23.5 Å². The smallest absolute Gasteiger partial charge is 0.336 e. The van der Waals surface area contributed by atoms with Crippen LogP contribution in [0.25, 0.3) is 0 Å². The average molecular weight is 400 g/mol. The number of esters is 1. The number of aromatic amines is 1. The second kappa shape index (κ2) is 8.65. The van der Waals surface area contributed by atoms with Crippen LogP contribution < -0.4 is 10.9 Å². The van der Waals surface area contributed by atoms with Gasteiger partial charge in [-0.3, -0.25) is 4.79 Å². The topological polar surface area (TPSA) is 84.1 Å². The Balaban J connectivity index is 2.13. The molecular formula is C21H25N3O3S. The molecule has 0 unspecified atom stereocenters. The number of unbranched alkanes of at least 4 members (excludes halogenated alkanes) is 1. The zero-order chi connectivity index (χ0) is 20.3. The molecule has 0 radical (unpaired) electrons. The van der Waals surface area contributed by atoms with E-state index in [-0.39, 0.29) is 5.56 Å². The molecule has 3 rings (SSSR count). The fourth-order valence-electron chi connectivity index (χ4n) is 3.29. The van der Waals surface area contributed by atoms with Gasteiger partial charge < -0.3 is 15.0 Å². The summed E-state index contributed by atoms with van der Waals surface area (Å²) in [5.74, 6) is 0.401. The van der Waals surface area contributed by atoms with Gasteiger partial charge in [-0.15, -0.1) is 0 Å². The van der Waals surface area contributed by atoms with Crippen LogP contribution in [-0.2, 0) is 9.53 Å². The van der Waals surface area contributed by atoms with Crippen LogP contribution in [0.15, 0.2) is 45.5 Å². The Morgan fingerprint density at radius 3 is 2.61 bits per heavy atom. The van der Waals surface area contributed by atoms with Crippen molar-refractivity contribution in [2.45, 2.75) is 44.7 Å². The maximum Gasteiger partial charge on any atom is 0.336 e. The Bertz CT molecular complexity index is 964. The van der Waals surface area contributed by atoms with Crippen molar-refractivity contribution in [3.05, 3.63) is 62.6 Å². The van der Waals surface area contributed by atoms with E-state index in [1.54, 1.807) is 0 Å². The van der Waals surface area contributed by atoms with Crippen molar-refractivity contribution in [1.29, 1.82) is 0 Å². The number of hydrogen-bond acceptors (Lipinski definition) is 6. The normalized spacial score (nSPS) is 15.8. The lowest BCUT2D eigenvalue weighted by atomic mass is 9.82. The van der Waals surface area contributed by atoms with Gasteiger partial charge in [0.1, 0.15) is 5.82 Å². The molecule has 2 heterocycles. The predicted octanol–water partition coefficient (Wildman–Crippen LogP) is 3.97. The van der Waals surface area contributed by atoms with Crippen LogP contribution in [0.1, 0.15) is 49.3 Å². The number of thioether (sulfide) groups is 1. The molecule has 1 atom stereocenters. The maximum absolute atomic E-state index is 13.0. The summed E-state index contributed by atoms with van der Waals surface area (Å²) in [5.41, 5.74) is 3.23. The highest BCUT2D eigenvalue weighted by atomic mass is 32.2. The number of nitrogens with one attached hydrogen (secondary N) is 2. The third-order valence-electron chi connectivity index (χ3n) is 4.77. The quantitative estimate of drug-likeness (QED) is 0.331. The fraction of sp³-hybridized carbons (Fsp3) is 0.381. The number of benzene rings is 1. The highest BCUT2D eigenvalue weighted by Gasteiger charge is 2.36. The zero-order valence-electron chi connectivity index (χ0n) is 16.6. The number of aromatic nitrogens is 2. The van der Waals surface area contributed by atoms with E-state index in [4.69, 9.17) is 4.74 Å². The number of hydrogen-bond donors (Lipinski definition) is 2. The highest BCUT2D eigenvalue weighted by Crippen LogP contribution is 2.40. The Labute approximate surface area is 168 Å². The van der Waals surface area contributed by atoms with Gasteiger partial charge in [0, 0.05) is 11.4 Å². The van der Waals surface area contributed by atoms with Gasteiger partial charge in [0.05, 0.1) is 24.2 Å². The van der Waals surface area contributed by atoms with Crippen LogP contribution in [-0.4, -0.2) is 28.8 Å². The molecule has 0 bridgehead atoms. The Morgan fingerprint density at radius 2 is 1.96 bits per heavy atom. The van der Waals surface area contributed by atoms with Gasteiger partial charge >= 0.3 is 5.97 Å².